The van der Waals surface area contributed by atoms with Crippen LogP contribution in [-0.4, -0.2) is 35.2 Å². The minimum absolute atomic E-state index is 0. The van der Waals surface area contributed by atoms with Crippen LogP contribution in [0.5, 0.6) is 0 Å². The van der Waals surface area contributed by atoms with Crippen molar-refractivity contribution in [3.05, 3.63) is 11.7 Å². The number of nitrogens with one attached hydrogen (secondary N) is 2. The first-order valence-electron chi connectivity index (χ1n) is 7.40. The summed E-state index contributed by atoms with van der Waals surface area (Å²) in [6, 6.07) is 0.373. The third-order valence-electron chi connectivity index (χ3n) is 2.59. The van der Waals surface area contributed by atoms with Crippen molar-refractivity contribution < 1.29 is 4.52 Å². The van der Waals surface area contributed by atoms with E-state index >= 15 is 0 Å². The summed E-state index contributed by atoms with van der Waals surface area (Å²) in [4.78, 5) is 8.87. The molecule has 0 aliphatic rings. The Hall–Kier alpha value is -0.860. The van der Waals surface area contributed by atoms with Gasteiger partial charge in [-0.05, 0) is 27.2 Å². The van der Waals surface area contributed by atoms with Crippen molar-refractivity contribution in [1.29, 1.82) is 0 Å². The van der Waals surface area contributed by atoms with E-state index in [-0.39, 0.29) is 24.0 Å². The van der Waals surface area contributed by atoms with Gasteiger partial charge in [0, 0.05) is 31.5 Å². The lowest BCUT2D eigenvalue weighted by molar-refractivity contribution is 0.369. The molecule has 7 heteroatoms. The minimum Gasteiger partial charge on any atom is -0.357 e. The predicted octanol–water partition coefficient (Wildman–Crippen LogP) is 2.71. The molecule has 0 spiro atoms. The normalized spacial score (nSPS) is 11.7. The molecule has 1 heterocycles. The lowest BCUT2D eigenvalue weighted by Gasteiger charge is -2.13. The Balaban J connectivity index is 0.00000400. The maximum Gasteiger partial charge on any atom is 0.226 e. The van der Waals surface area contributed by atoms with Gasteiger partial charge < -0.3 is 15.2 Å². The summed E-state index contributed by atoms with van der Waals surface area (Å²) in [6.07, 6.45) is 1.67. The average Bonchev–Trinajstić information content (AvgIpc) is 2.83. The van der Waals surface area contributed by atoms with Crippen LogP contribution in [-0.2, 0) is 6.42 Å². The van der Waals surface area contributed by atoms with Crippen LogP contribution < -0.4 is 10.6 Å². The van der Waals surface area contributed by atoms with E-state index in [1.165, 1.54) is 0 Å². The van der Waals surface area contributed by atoms with Crippen molar-refractivity contribution in [1.82, 2.24) is 20.8 Å². The van der Waals surface area contributed by atoms with Gasteiger partial charge in [0.05, 0.1) is 0 Å². The van der Waals surface area contributed by atoms with Crippen molar-refractivity contribution >= 4 is 29.9 Å². The largest absolute Gasteiger partial charge is 0.357 e. The zero-order chi connectivity index (χ0) is 15.0. The smallest absolute Gasteiger partial charge is 0.226 e. The van der Waals surface area contributed by atoms with Gasteiger partial charge in [-0.3, -0.25) is 4.99 Å². The molecule has 1 aromatic heterocycles. The van der Waals surface area contributed by atoms with Gasteiger partial charge in [-0.1, -0.05) is 19.0 Å². The van der Waals surface area contributed by atoms with Crippen molar-refractivity contribution in [2.75, 3.05) is 13.1 Å². The number of rotatable bonds is 7. The van der Waals surface area contributed by atoms with Gasteiger partial charge >= 0.3 is 0 Å². The molecule has 0 radical (unpaired) electrons. The first-order valence-corrected chi connectivity index (χ1v) is 7.40. The van der Waals surface area contributed by atoms with Crippen LogP contribution >= 0.6 is 24.0 Å². The Morgan fingerprint density at radius 3 is 2.52 bits per heavy atom. The molecule has 0 fully saturated rings. The summed E-state index contributed by atoms with van der Waals surface area (Å²) < 4.78 is 5.20. The van der Waals surface area contributed by atoms with Crippen molar-refractivity contribution in [3.8, 4) is 0 Å². The molecule has 0 aliphatic heterocycles. The zero-order valence-corrected chi connectivity index (χ0v) is 16.0. The maximum atomic E-state index is 5.20. The molecule has 1 aromatic rings. The summed E-state index contributed by atoms with van der Waals surface area (Å²) >= 11 is 0. The van der Waals surface area contributed by atoms with Gasteiger partial charge in [0.1, 0.15) is 0 Å². The van der Waals surface area contributed by atoms with Crippen LogP contribution in [0, 0.1) is 0 Å². The highest BCUT2D eigenvalue weighted by atomic mass is 127. The molecular formula is C14H28IN5O. The number of hydrogen-bond acceptors (Lipinski definition) is 4. The van der Waals surface area contributed by atoms with Crippen LogP contribution in [0.3, 0.4) is 0 Å². The molecule has 6 nitrogen and oxygen atoms in total. The molecule has 0 amide bonds. The molecule has 0 aromatic carbocycles. The first-order chi connectivity index (χ1) is 9.52. The molecule has 122 valence electrons. The number of hydrogen-bond donors (Lipinski definition) is 2. The second kappa shape index (κ2) is 10.8. The number of aromatic nitrogens is 2. The van der Waals surface area contributed by atoms with Gasteiger partial charge in [0.15, 0.2) is 11.8 Å². The fourth-order valence-corrected chi connectivity index (χ4v) is 1.62. The minimum atomic E-state index is 0. The Labute approximate surface area is 144 Å². The van der Waals surface area contributed by atoms with E-state index in [0.717, 1.165) is 37.7 Å². The van der Waals surface area contributed by atoms with Crippen molar-refractivity contribution in [3.63, 3.8) is 0 Å². The Kier molecular flexibility index (Phi) is 10.4. The van der Waals surface area contributed by atoms with Gasteiger partial charge in [0.25, 0.3) is 0 Å². The fourth-order valence-electron chi connectivity index (χ4n) is 1.62. The molecule has 0 atom stereocenters. The molecule has 0 saturated carbocycles. The fraction of sp³-hybridized carbons (Fsp3) is 0.786. The topological polar surface area (TPSA) is 75.3 Å². The number of guanidine groups is 1. The van der Waals surface area contributed by atoms with Crippen LogP contribution in [0.15, 0.2) is 9.52 Å². The lowest BCUT2D eigenvalue weighted by Crippen LogP contribution is -2.41. The first kappa shape index (κ1) is 20.1. The lowest BCUT2D eigenvalue weighted by atomic mass is 10.2. The van der Waals surface area contributed by atoms with Crippen molar-refractivity contribution in [2.24, 2.45) is 4.99 Å². The van der Waals surface area contributed by atoms with E-state index in [4.69, 9.17) is 4.52 Å². The Morgan fingerprint density at radius 2 is 2.00 bits per heavy atom. The molecule has 0 saturated heterocycles. The quantitative estimate of drug-likeness (QED) is 0.314. The number of aliphatic imine (C=N–C) groups is 1. The second-order valence-corrected chi connectivity index (χ2v) is 5.36. The van der Waals surface area contributed by atoms with E-state index in [1.807, 2.05) is 0 Å². The van der Waals surface area contributed by atoms with Crippen molar-refractivity contribution in [2.45, 2.75) is 59.4 Å². The highest BCUT2D eigenvalue weighted by Gasteiger charge is 2.09. The third-order valence-corrected chi connectivity index (χ3v) is 2.59. The van der Waals surface area contributed by atoms with Crippen LogP contribution in [0.25, 0.3) is 0 Å². The van der Waals surface area contributed by atoms with E-state index in [2.05, 4.69) is 60.4 Å². The van der Waals surface area contributed by atoms with E-state index in [9.17, 15) is 0 Å². The highest BCUT2D eigenvalue weighted by Crippen LogP contribution is 2.10. The highest BCUT2D eigenvalue weighted by molar-refractivity contribution is 14.0. The predicted molar refractivity (Wildman–Crippen MR) is 96.4 cm³/mol. The SMILES string of the molecule is CCNC(=NCCCc1nc(C(C)C)no1)NC(C)C.I. The van der Waals surface area contributed by atoms with Gasteiger partial charge in [-0.2, -0.15) is 4.98 Å². The second-order valence-electron chi connectivity index (χ2n) is 5.36. The van der Waals surface area contributed by atoms with Crippen LogP contribution in [0.2, 0.25) is 0 Å². The van der Waals surface area contributed by atoms with Gasteiger partial charge in [-0.15, -0.1) is 24.0 Å². The Morgan fingerprint density at radius 1 is 1.29 bits per heavy atom. The molecule has 0 bridgehead atoms. The van der Waals surface area contributed by atoms with Gasteiger partial charge in [-0.25, -0.2) is 0 Å². The van der Waals surface area contributed by atoms with Gasteiger partial charge in [0.2, 0.25) is 5.89 Å². The summed E-state index contributed by atoms with van der Waals surface area (Å²) in [5.41, 5.74) is 0. The van der Waals surface area contributed by atoms with E-state index in [1.54, 1.807) is 0 Å². The standard InChI is InChI=1S/C14H27N5O.HI/c1-6-15-14(17-11(4)5)16-9-7-8-12-18-13(10(2)3)19-20-12;/h10-11H,6-9H2,1-5H3,(H2,15,16,17);1H. The summed E-state index contributed by atoms with van der Waals surface area (Å²) in [7, 11) is 0. The number of aryl methyl sites for hydroxylation is 1. The molecule has 2 N–H and O–H groups in total. The molecular weight excluding hydrogens is 381 g/mol. The maximum absolute atomic E-state index is 5.20. The molecule has 21 heavy (non-hydrogen) atoms. The third kappa shape index (κ3) is 8.23. The van der Waals surface area contributed by atoms with Crippen LogP contribution in [0.4, 0.5) is 0 Å². The molecule has 0 aliphatic carbocycles. The van der Waals surface area contributed by atoms with E-state index in [0.29, 0.717) is 17.9 Å². The average molecular weight is 409 g/mol. The summed E-state index contributed by atoms with van der Waals surface area (Å²) in [5.74, 6) is 2.64. The van der Waals surface area contributed by atoms with E-state index < -0.39 is 0 Å². The Bertz CT molecular complexity index is 417. The summed E-state index contributed by atoms with van der Waals surface area (Å²) in [5, 5.41) is 10.5. The monoisotopic (exact) mass is 409 g/mol. The van der Waals surface area contributed by atoms with Crippen LogP contribution in [0.1, 0.15) is 58.7 Å². The zero-order valence-electron chi connectivity index (χ0n) is 13.6. The molecule has 1 rings (SSSR count). The molecule has 0 unspecified atom stereocenters. The summed E-state index contributed by atoms with van der Waals surface area (Å²) in [6.45, 7) is 12.0. The number of nitrogens with zero attached hydrogens (tertiary/aromatic N) is 3. The number of halogens is 1.